The number of rotatable bonds is 0. The molecule has 30 heavy (non-hydrogen) atoms. The van der Waals surface area contributed by atoms with Crippen molar-refractivity contribution in [3.63, 3.8) is 0 Å². The van der Waals surface area contributed by atoms with Gasteiger partial charge in [0, 0.05) is 0 Å². The highest BCUT2D eigenvalue weighted by molar-refractivity contribution is 7.43. The standard InChI is InChI=1S/N3P3.6HNO3/c1-4-2-6-3-5-1;6*2-1(3)4/h;6*(H,2,3,4). The Labute approximate surface area is 162 Å². The Balaban J connectivity index is -0.0000000565. The van der Waals surface area contributed by atoms with E-state index in [1.54, 1.807) is 0 Å². The van der Waals surface area contributed by atoms with Crippen molar-refractivity contribution >= 4 is 25.5 Å². The van der Waals surface area contributed by atoms with Crippen LogP contribution in [0.15, 0.2) is 0 Å². The summed E-state index contributed by atoms with van der Waals surface area (Å²) in [6, 6.07) is 0. The minimum Gasteiger partial charge on any atom is -0.328 e. The fourth-order valence-electron chi connectivity index (χ4n) is 0.107. The van der Waals surface area contributed by atoms with Gasteiger partial charge in [-0.3, -0.25) is 0 Å². The van der Waals surface area contributed by atoms with E-state index in [2.05, 4.69) is 13.5 Å². The molecule has 0 saturated carbocycles. The second-order valence-electron chi connectivity index (χ2n) is 1.96. The molecule has 0 fully saturated rings. The molecule has 0 unspecified atom stereocenters. The van der Waals surface area contributed by atoms with E-state index in [0.717, 1.165) is 25.5 Å². The van der Waals surface area contributed by atoms with Crippen LogP contribution < -0.4 is 0 Å². The maximum absolute atomic E-state index is 8.36. The van der Waals surface area contributed by atoms with Crippen molar-refractivity contribution in [2.75, 3.05) is 0 Å². The summed E-state index contributed by atoms with van der Waals surface area (Å²) < 4.78 is 11.3. The molecule has 0 amide bonds. The van der Waals surface area contributed by atoms with Crippen LogP contribution >= 0.6 is 25.5 Å². The van der Waals surface area contributed by atoms with Crippen molar-refractivity contribution in [2.24, 2.45) is 0 Å². The molecule has 174 valence electrons. The molecule has 0 bridgehead atoms. The Bertz CT molecular complexity index is 434. The SMILES string of the molecule is O=[N+]([O-])O.O=[N+]([O-])O.O=[N+]([O-])O.O=[N+]([O-])O.O=[N+]([O-])O.O=[N+]([O-])O.n1pnpnp1. The van der Waals surface area contributed by atoms with Crippen molar-refractivity contribution in [2.45, 2.75) is 0 Å². The summed E-state index contributed by atoms with van der Waals surface area (Å²) in [6.45, 7) is 0. The Morgan fingerprint density at radius 1 is 0.400 bits per heavy atom. The molecule has 6 N–H and O–H groups in total. The van der Waals surface area contributed by atoms with Crippen molar-refractivity contribution in [1.82, 2.24) is 13.5 Å². The Hall–Kier alpha value is -4.50. The summed E-state index contributed by atoms with van der Waals surface area (Å²) in [7, 11) is 2.49. The highest BCUT2D eigenvalue weighted by Crippen LogP contribution is 2.01. The van der Waals surface area contributed by atoms with Crippen LogP contribution in [0.4, 0.5) is 0 Å². The van der Waals surface area contributed by atoms with Gasteiger partial charge in [-0.15, -0.1) is 60.7 Å². The van der Waals surface area contributed by atoms with E-state index >= 15 is 0 Å². The lowest BCUT2D eigenvalue weighted by molar-refractivity contribution is -0.742. The highest BCUT2D eigenvalue weighted by atomic mass is 31.1. The summed E-state index contributed by atoms with van der Waals surface area (Å²) >= 11 is 0. The van der Waals surface area contributed by atoms with Gasteiger partial charge in [-0.05, 0) is 0 Å². The quantitative estimate of drug-likeness (QED) is 0.188. The lowest BCUT2D eigenvalue weighted by atomic mass is 13.1. The second kappa shape index (κ2) is 35.6. The first-order chi connectivity index (χ1) is 13.4. The van der Waals surface area contributed by atoms with Crippen LogP contribution in [0.3, 0.4) is 0 Å². The molecule has 30 heteroatoms. The van der Waals surface area contributed by atoms with Crippen molar-refractivity contribution in [3.8, 4) is 0 Å². The minimum absolute atomic E-state index is 0.830. The summed E-state index contributed by atoms with van der Waals surface area (Å²) in [5, 5.41) is 81.8. The maximum Gasteiger partial charge on any atom is 0.291 e. The van der Waals surface area contributed by atoms with Gasteiger partial charge in [0.15, 0.2) is 25.5 Å². The smallest absolute Gasteiger partial charge is 0.291 e. The molecule has 1 heterocycles. The largest absolute Gasteiger partial charge is 0.328 e. The third-order valence-corrected chi connectivity index (χ3v) is 2.16. The summed E-state index contributed by atoms with van der Waals surface area (Å²) in [6.07, 6.45) is 0. The first-order valence-corrected chi connectivity index (χ1v) is 6.99. The van der Waals surface area contributed by atoms with Crippen LogP contribution in [0, 0.1) is 60.7 Å². The van der Waals surface area contributed by atoms with Gasteiger partial charge < -0.3 is 31.2 Å². The number of nitrogens with zero attached hydrogens (tertiary/aromatic N) is 9. The molecule has 1 rings (SSSR count). The second-order valence-corrected chi connectivity index (χ2v) is 4.65. The van der Waals surface area contributed by atoms with Crippen LogP contribution in [0.5, 0.6) is 0 Å². The van der Waals surface area contributed by atoms with Crippen LogP contribution in [0.2, 0.25) is 0 Å². The van der Waals surface area contributed by atoms with Gasteiger partial charge in [-0.2, -0.15) is 13.5 Å². The van der Waals surface area contributed by atoms with E-state index in [1.807, 2.05) is 0 Å². The zero-order valence-corrected chi connectivity index (χ0v) is 15.6. The van der Waals surface area contributed by atoms with E-state index in [0.29, 0.717) is 0 Å². The zero-order valence-electron chi connectivity index (χ0n) is 12.9. The van der Waals surface area contributed by atoms with Crippen molar-refractivity contribution in [1.29, 1.82) is 0 Å². The Morgan fingerprint density at radius 2 is 0.467 bits per heavy atom. The van der Waals surface area contributed by atoms with Gasteiger partial charge >= 0.3 is 0 Å². The fourth-order valence-corrected chi connectivity index (χ4v) is 1.93. The predicted molar refractivity (Wildman–Crippen MR) is 80.1 cm³/mol. The van der Waals surface area contributed by atoms with Crippen LogP contribution in [-0.4, -0.2) is 75.3 Å². The first kappa shape index (κ1) is 40.3. The first-order valence-electron chi connectivity index (χ1n) is 4.59. The van der Waals surface area contributed by atoms with E-state index < -0.39 is 30.5 Å². The van der Waals surface area contributed by atoms with E-state index in [1.165, 1.54) is 0 Å². The Kier molecular flexibility index (Phi) is 47.7. The number of hydrogen-bond acceptors (Lipinski definition) is 15. The van der Waals surface area contributed by atoms with E-state index in [9.17, 15) is 0 Å². The van der Waals surface area contributed by atoms with Gasteiger partial charge in [-0.1, -0.05) is 0 Å². The molecule has 0 aromatic carbocycles. The molecule has 0 aliphatic heterocycles. The molecule has 27 nitrogen and oxygen atoms in total. The van der Waals surface area contributed by atoms with Crippen molar-refractivity contribution in [3.05, 3.63) is 60.7 Å². The maximum atomic E-state index is 8.36. The average Bonchev–Trinajstić information content (AvgIpc) is 2.45. The zero-order chi connectivity index (χ0) is 25.7. The molecule has 0 spiro atoms. The monoisotopic (exact) mass is 513 g/mol. The van der Waals surface area contributed by atoms with Gasteiger partial charge in [-0.25, -0.2) is 0 Å². The molecule has 0 aliphatic carbocycles. The number of hydrogen-bond donors (Lipinski definition) is 6. The van der Waals surface area contributed by atoms with Crippen LogP contribution in [-0.2, 0) is 0 Å². The fraction of sp³-hybridized carbons (Fsp3) is 0. The van der Waals surface area contributed by atoms with Gasteiger partial charge in [0.1, 0.15) is 0 Å². The predicted octanol–water partition coefficient (Wildman–Crippen LogP) is -0.474. The summed E-state index contributed by atoms with van der Waals surface area (Å²) in [4.78, 5) is 50.2. The van der Waals surface area contributed by atoms with Crippen molar-refractivity contribution < 1.29 is 61.8 Å². The van der Waals surface area contributed by atoms with Crippen LogP contribution in [0.25, 0.3) is 0 Å². The lowest BCUT2D eigenvalue weighted by Gasteiger charge is -1.64. The molecular formula is H6N9O18P3. The summed E-state index contributed by atoms with van der Waals surface area (Å²) in [5.74, 6) is 0. The lowest BCUT2D eigenvalue weighted by Crippen LogP contribution is -1.81. The molecule has 1 aromatic rings. The third kappa shape index (κ3) is 5290. The molecular weight excluding hydrogens is 507 g/mol. The van der Waals surface area contributed by atoms with E-state index in [-0.39, 0.29) is 0 Å². The van der Waals surface area contributed by atoms with Gasteiger partial charge in [0.25, 0.3) is 30.5 Å². The third-order valence-electron chi connectivity index (χ3n) is 0.240. The van der Waals surface area contributed by atoms with E-state index in [4.69, 9.17) is 91.9 Å². The molecule has 0 radical (unpaired) electrons. The highest BCUT2D eigenvalue weighted by Gasteiger charge is 1.67. The van der Waals surface area contributed by atoms with Crippen LogP contribution in [0.1, 0.15) is 0 Å². The topological polar surface area (TPSA) is 419 Å². The number of aromatic nitrogens is 3. The molecule has 0 aliphatic rings. The average molecular weight is 513 g/mol. The molecule has 1 aromatic heterocycles. The minimum atomic E-state index is -1.50. The van der Waals surface area contributed by atoms with Gasteiger partial charge in [0.2, 0.25) is 0 Å². The Morgan fingerprint density at radius 3 is 0.500 bits per heavy atom. The molecule has 0 atom stereocenters. The van der Waals surface area contributed by atoms with Gasteiger partial charge in [0.05, 0.1) is 0 Å². The normalized spacial score (nSPS) is 7.20. The molecule has 0 saturated heterocycles. The summed E-state index contributed by atoms with van der Waals surface area (Å²) in [5.41, 5.74) is 0.